The lowest BCUT2D eigenvalue weighted by molar-refractivity contribution is -0.0579. The largest absolute Gasteiger partial charge is 0.389 e. The van der Waals surface area contributed by atoms with Gasteiger partial charge in [-0.2, -0.15) is 0 Å². The van der Waals surface area contributed by atoms with Gasteiger partial charge in [-0.25, -0.2) is 0 Å². The van der Waals surface area contributed by atoms with Gasteiger partial charge in [0, 0.05) is 42.2 Å². The quantitative estimate of drug-likeness (QED) is 0.767. The number of ether oxygens (including phenoxy) is 1. The zero-order chi connectivity index (χ0) is 21.5. The number of nitrogens with zero attached hydrogens (tertiary/aromatic N) is 2. The van der Waals surface area contributed by atoms with Crippen LogP contribution in [0.1, 0.15) is 54.3 Å². The Bertz CT molecular complexity index is 907. The third-order valence-electron chi connectivity index (χ3n) is 5.90. The first kappa shape index (κ1) is 21.0. The summed E-state index contributed by atoms with van der Waals surface area (Å²) in [6.45, 7) is 8.21. The Labute approximate surface area is 177 Å². The fourth-order valence-electron chi connectivity index (χ4n) is 4.44. The zero-order valence-electron chi connectivity index (χ0n) is 17.9. The van der Waals surface area contributed by atoms with E-state index in [1.165, 1.54) is 4.90 Å². The lowest BCUT2D eigenvalue weighted by Crippen LogP contribution is -2.52. The number of carbonyl (C=O) groups is 2. The number of β-amino-alcohol motifs (C(OH)–C–C–N with tert-alkyl or cyclic N) is 1. The SMILES string of the molecule is CC(C)(C)OCC(O)CN1CCC(N2C(=O)c3cccc4cccc(c34)C2=O)CC1. The first-order valence-corrected chi connectivity index (χ1v) is 10.7. The number of aliphatic hydroxyl groups excluding tert-OH is 1. The van der Waals surface area contributed by atoms with Crippen LogP contribution in [0.3, 0.4) is 0 Å². The fraction of sp³-hybridized carbons (Fsp3) is 0.500. The van der Waals surface area contributed by atoms with Crippen molar-refractivity contribution in [3.05, 3.63) is 47.5 Å². The number of amides is 2. The maximum Gasteiger partial charge on any atom is 0.261 e. The van der Waals surface area contributed by atoms with Crippen LogP contribution in [0.25, 0.3) is 10.8 Å². The molecule has 2 aromatic carbocycles. The van der Waals surface area contributed by atoms with Crippen LogP contribution in [0.5, 0.6) is 0 Å². The predicted octanol–water partition coefficient (Wildman–Crippen LogP) is 3.08. The molecule has 0 radical (unpaired) electrons. The number of aliphatic hydroxyl groups is 1. The van der Waals surface area contributed by atoms with E-state index in [0.29, 0.717) is 37.1 Å². The van der Waals surface area contributed by atoms with Gasteiger partial charge < -0.3 is 14.7 Å². The van der Waals surface area contributed by atoms with Crippen molar-refractivity contribution in [3.8, 4) is 0 Å². The molecule has 1 atom stereocenters. The van der Waals surface area contributed by atoms with Crippen molar-refractivity contribution in [2.45, 2.75) is 51.4 Å². The molecule has 1 unspecified atom stereocenters. The molecule has 2 heterocycles. The van der Waals surface area contributed by atoms with Crippen LogP contribution in [0.2, 0.25) is 0 Å². The normalized spacial score (nSPS) is 19.5. The van der Waals surface area contributed by atoms with Gasteiger partial charge in [0.1, 0.15) is 0 Å². The molecule has 6 nitrogen and oxygen atoms in total. The van der Waals surface area contributed by atoms with Crippen LogP contribution in [-0.4, -0.2) is 70.7 Å². The Morgan fingerprint density at radius 2 is 1.60 bits per heavy atom. The van der Waals surface area contributed by atoms with E-state index in [-0.39, 0.29) is 23.5 Å². The number of hydrogen-bond acceptors (Lipinski definition) is 5. The molecule has 1 saturated heterocycles. The van der Waals surface area contributed by atoms with Gasteiger partial charge in [-0.05, 0) is 51.1 Å². The molecule has 0 saturated carbocycles. The molecule has 0 bridgehead atoms. The molecule has 2 aliphatic rings. The smallest absolute Gasteiger partial charge is 0.261 e. The van der Waals surface area contributed by atoms with Gasteiger partial charge in [-0.1, -0.05) is 24.3 Å². The molecule has 2 aromatic rings. The summed E-state index contributed by atoms with van der Waals surface area (Å²) >= 11 is 0. The van der Waals surface area contributed by atoms with Crippen LogP contribution in [0, 0.1) is 0 Å². The van der Waals surface area contributed by atoms with Crippen molar-refractivity contribution in [1.29, 1.82) is 0 Å². The minimum atomic E-state index is -0.552. The molecule has 6 heteroatoms. The third kappa shape index (κ3) is 4.13. The second-order valence-electron chi connectivity index (χ2n) is 9.30. The molecule has 0 aliphatic carbocycles. The number of piperidine rings is 1. The van der Waals surface area contributed by atoms with Crippen molar-refractivity contribution >= 4 is 22.6 Å². The predicted molar refractivity (Wildman–Crippen MR) is 116 cm³/mol. The molecular weight excluding hydrogens is 380 g/mol. The Kier molecular flexibility index (Phi) is 5.66. The molecule has 2 aliphatic heterocycles. The van der Waals surface area contributed by atoms with Gasteiger partial charge in [0.2, 0.25) is 0 Å². The fourth-order valence-corrected chi connectivity index (χ4v) is 4.44. The van der Waals surface area contributed by atoms with E-state index >= 15 is 0 Å². The first-order chi connectivity index (χ1) is 14.2. The van der Waals surface area contributed by atoms with Crippen molar-refractivity contribution < 1.29 is 19.4 Å². The Morgan fingerprint density at radius 3 is 2.13 bits per heavy atom. The number of carbonyl (C=O) groups excluding carboxylic acids is 2. The van der Waals surface area contributed by atoms with E-state index in [9.17, 15) is 14.7 Å². The van der Waals surface area contributed by atoms with E-state index in [1.54, 1.807) is 0 Å². The van der Waals surface area contributed by atoms with Crippen LogP contribution in [0.15, 0.2) is 36.4 Å². The lowest BCUT2D eigenvalue weighted by atomic mass is 9.91. The molecule has 4 rings (SSSR count). The molecule has 1 fully saturated rings. The molecule has 2 amide bonds. The van der Waals surface area contributed by atoms with Crippen LogP contribution < -0.4 is 0 Å². The monoisotopic (exact) mass is 410 g/mol. The first-order valence-electron chi connectivity index (χ1n) is 10.7. The summed E-state index contributed by atoms with van der Waals surface area (Å²) in [5.74, 6) is -0.386. The highest BCUT2D eigenvalue weighted by molar-refractivity contribution is 6.25. The topological polar surface area (TPSA) is 70.1 Å². The van der Waals surface area contributed by atoms with Crippen LogP contribution in [0.4, 0.5) is 0 Å². The second-order valence-corrected chi connectivity index (χ2v) is 9.30. The highest BCUT2D eigenvalue weighted by Gasteiger charge is 2.38. The van der Waals surface area contributed by atoms with E-state index in [1.807, 2.05) is 57.2 Å². The summed E-state index contributed by atoms with van der Waals surface area (Å²) < 4.78 is 5.66. The van der Waals surface area contributed by atoms with E-state index in [4.69, 9.17) is 4.74 Å². The van der Waals surface area contributed by atoms with Crippen LogP contribution in [-0.2, 0) is 4.74 Å². The molecule has 30 heavy (non-hydrogen) atoms. The molecule has 160 valence electrons. The summed E-state index contributed by atoms with van der Waals surface area (Å²) in [5.41, 5.74) is 0.946. The average Bonchev–Trinajstić information content (AvgIpc) is 2.71. The Balaban J connectivity index is 1.42. The summed E-state index contributed by atoms with van der Waals surface area (Å²) in [6.07, 6.45) is 0.869. The second kappa shape index (κ2) is 8.10. The van der Waals surface area contributed by atoms with E-state index in [0.717, 1.165) is 23.9 Å². The molecule has 1 N–H and O–H groups in total. The number of hydrogen-bond donors (Lipinski definition) is 1. The summed E-state index contributed by atoms with van der Waals surface area (Å²) in [4.78, 5) is 30.0. The average molecular weight is 411 g/mol. The third-order valence-corrected chi connectivity index (χ3v) is 5.90. The van der Waals surface area contributed by atoms with Crippen LogP contribution >= 0.6 is 0 Å². The van der Waals surface area contributed by atoms with Gasteiger partial charge in [0.15, 0.2) is 0 Å². The number of likely N-dealkylation sites (tertiary alicyclic amines) is 1. The highest BCUT2D eigenvalue weighted by atomic mass is 16.5. The Hall–Kier alpha value is -2.28. The van der Waals surface area contributed by atoms with Crippen molar-refractivity contribution in [2.24, 2.45) is 0 Å². The van der Waals surface area contributed by atoms with E-state index in [2.05, 4.69) is 4.90 Å². The minimum absolute atomic E-state index is 0.118. The maximum atomic E-state index is 13.2. The van der Waals surface area contributed by atoms with Gasteiger partial charge in [0.05, 0.1) is 18.3 Å². The zero-order valence-corrected chi connectivity index (χ0v) is 17.9. The Morgan fingerprint density at radius 1 is 1.03 bits per heavy atom. The number of imide groups is 1. The van der Waals surface area contributed by atoms with E-state index < -0.39 is 6.10 Å². The summed E-state index contributed by atoms with van der Waals surface area (Å²) in [7, 11) is 0. The molecule has 0 aromatic heterocycles. The van der Waals surface area contributed by atoms with Gasteiger partial charge in [-0.15, -0.1) is 0 Å². The summed E-state index contributed by atoms with van der Waals surface area (Å²) in [6, 6.07) is 11.1. The number of benzene rings is 2. The standard InChI is InChI=1S/C24H30N2O4/c1-24(2,3)30-15-18(27)14-25-12-10-17(11-13-25)26-22(28)19-8-4-6-16-7-5-9-20(21(16)19)23(26)29/h4-9,17-18,27H,10-15H2,1-3H3. The number of rotatable bonds is 5. The van der Waals surface area contributed by atoms with Crippen molar-refractivity contribution in [1.82, 2.24) is 9.80 Å². The summed E-state index contributed by atoms with van der Waals surface area (Å²) in [5, 5.41) is 12.0. The minimum Gasteiger partial charge on any atom is -0.389 e. The maximum absolute atomic E-state index is 13.2. The van der Waals surface area contributed by atoms with Gasteiger partial charge in [0.25, 0.3) is 11.8 Å². The van der Waals surface area contributed by atoms with Gasteiger partial charge >= 0.3 is 0 Å². The molecule has 0 spiro atoms. The molecular formula is C24H30N2O4. The highest BCUT2D eigenvalue weighted by Crippen LogP contribution is 2.32. The van der Waals surface area contributed by atoms with Crippen molar-refractivity contribution in [3.63, 3.8) is 0 Å². The van der Waals surface area contributed by atoms with Crippen molar-refractivity contribution in [2.75, 3.05) is 26.2 Å². The van der Waals surface area contributed by atoms with Gasteiger partial charge in [-0.3, -0.25) is 14.5 Å². The lowest BCUT2D eigenvalue weighted by Gasteiger charge is -2.39.